The van der Waals surface area contributed by atoms with Crippen LogP contribution >= 0.6 is 0 Å². The number of aryl methyl sites for hydroxylation is 1. The van der Waals surface area contributed by atoms with E-state index in [1.54, 1.807) is 0 Å². The molecule has 1 aromatic carbocycles. The quantitative estimate of drug-likeness (QED) is 0.830. The molecule has 17 heavy (non-hydrogen) atoms. The fourth-order valence-electron chi connectivity index (χ4n) is 1.92. The third-order valence-corrected chi connectivity index (χ3v) is 3.07. The van der Waals surface area contributed by atoms with Crippen LogP contribution in [0.2, 0.25) is 0 Å². The van der Waals surface area contributed by atoms with Crippen LogP contribution in [0.1, 0.15) is 24.2 Å². The molecular formula is C13H17NO3. The second kappa shape index (κ2) is 5.29. The number of ether oxygens (including phenoxy) is 1. The van der Waals surface area contributed by atoms with Gasteiger partial charge in [0.2, 0.25) is 0 Å². The molecule has 0 amide bonds. The van der Waals surface area contributed by atoms with E-state index < -0.39 is 12.0 Å². The molecule has 0 spiro atoms. The van der Waals surface area contributed by atoms with Crippen LogP contribution in [0.15, 0.2) is 24.3 Å². The van der Waals surface area contributed by atoms with Gasteiger partial charge in [0, 0.05) is 6.54 Å². The summed E-state index contributed by atoms with van der Waals surface area (Å²) in [6.07, 6.45) is 0.974. The highest BCUT2D eigenvalue weighted by Gasteiger charge is 2.26. The summed E-state index contributed by atoms with van der Waals surface area (Å²) in [5.41, 5.74) is 2.39. The van der Waals surface area contributed by atoms with Crippen molar-refractivity contribution < 1.29 is 14.6 Å². The first-order valence-electron chi connectivity index (χ1n) is 5.87. The number of morpholine rings is 1. The predicted molar refractivity (Wildman–Crippen MR) is 63.9 cm³/mol. The molecule has 1 fully saturated rings. The Morgan fingerprint density at radius 2 is 2.18 bits per heavy atom. The van der Waals surface area contributed by atoms with E-state index >= 15 is 0 Å². The highest BCUT2D eigenvalue weighted by Crippen LogP contribution is 2.20. The summed E-state index contributed by atoms with van der Waals surface area (Å²) < 4.78 is 5.57. The maximum Gasteiger partial charge on any atom is 0.323 e. The first-order chi connectivity index (χ1) is 8.20. The first-order valence-corrected chi connectivity index (χ1v) is 5.87. The van der Waals surface area contributed by atoms with Crippen LogP contribution in [0.25, 0.3) is 0 Å². The van der Waals surface area contributed by atoms with E-state index in [-0.39, 0.29) is 12.7 Å². The van der Waals surface area contributed by atoms with Crippen molar-refractivity contribution in [2.75, 3.05) is 13.2 Å². The highest BCUT2D eigenvalue weighted by molar-refractivity contribution is 5.73. The van der Waals surface area contributed by atoms with Crippen molar-refractivity contribution in [3.05, 3.63) is 35.4 Å². The average molecular weight is 235 g/mol. The molecule has 0 saturated carbocycles. The summed E-state index contributed by atoms with van der Waals surface area (Å²) >= 11 is 0. The zero-order chi connectivity index (χ0) is 12.3. The molecule has 0 aromatic heterocycles. The topological polar surface area (TPSA) is 58.6 Å². The van der Waals surface area contributed by atoms with Gasteiger partial charge in [-0.3, -0.25) is 10.1 Å². The van der Waals surface area contributed by atoms with Crippen molar-refractivity contribution in [1.82, 2.24) is 5.32 Å². The number of benzene rings is 1. The van der Waals surface area contributed by atoms with Crippen LogP contribution in [-0.2, 0) is 16.0 Å². The van der Waals surface area contributed by atoms with E-state index in [0.717, 1.165) is 12.0 Å². The molecule has 1 aliphatic rings. The second-order valence-electron chi connectivity index (χ2n) is 4.22. The van der Waals surface area contributed by atoms with Crippen molar-refractivity contribution in [2.45, 2.75) is 25.5 Å². The molecule has 4 heteroatoms. The average Bonchev–Trinajstić information content (AvgIpc) is 2.39. The molecule has 4 nitrogen and oxygen atoms in total. The first kappa shape index (κ1) is 12.1. The maximum absolute atomic E-state index is 10.7. The molecule has 1 heterocycles. The lowest BCUT2D eigenvalue weighted by atomic mass is 10.0. The van der Waals surface area contributed by atoms with Crippen LogP contribution in [0.4, 0.5) is 0 Å². The molecule has 2 rings (SSSR count). The summed E-state index contributed by atoms with van der Waals surface area (Å²) in [6.45, 7) is 2.88. The Bertz CT molecular complexity index is 380. The minimum Gasteiger partial charge on any atom is -0.480 e. The molecule has 1 saturated heterocycles. The molecule has 1 aliphatic heterocycles. The van der Waals surface area contributed by atoms with Gasteiger partial charge in [0.1, 0.15) is 6.04 Å². The minimum atomic E-state index is -0.857. The van der Waals surface area contributed by atoms with Crippen molar-refractivity contribution in [2.24, 2.45) is 0 Å². The monoisotopic (exact) mass is 235 g/mol. The van der Waals surface area contributed by atoms with E-state index in [0.29, 0.717) is 6.54 Å². The minimum absolute atomic E-state index is 0.0449. The summed E-state index contributed by atoms with van der Waals surface area (Å²) in [5, 5.41) is 11.8. The van der Waals surface area contributed by atoms with Gasteiger partial charge in [-0.25, -0.2) is 0 Å². The number of carbonyl (C=O) groups is 1. The van der Waals surface area contributed by atoms with Crippen LogP contribution in [0.5, 0.6) is 0 Å². The van der Waals surface area contributed by atoms with Crippen LogP contribution in [0, 0.1) is 0 Å². The fraction of sp³-hybridized carbons (Fsp3) is 0.462. The Labute approximate surface area is 101 Å². The number of carboxylic acid groups (broad SMARTS) is 1. The number of hydrogen-bond acceptors (Lipinski definition) is 3. The lowest BCUT2D eigenvalue weighted by molar-refractivity contribution is -0.144. The lowest BCUT2D eigenvalue weighted by Crippen LogP contribution is -2.47. The smallest absolute Gasteiger partial charge is 0.323 e. The SMILES string of the molecule is CCc1ccc(C2CNC(C(=O)O)CO2)cc1. The summed E-state index contributed by atoms with van der Waals surface area (Å²) in [5.74, 6) is -0.857. The molecule has 2 N–H and O–H groups in total. The zero-order valence-corrected chi connectivity index (χ0v) is 9.85. The van der Waals surface area contributed by atoms with E-state index in [2.05, 4.69) is 24.4 Å². The number of rotatable bonds is 3. The van der Waals surface area contributed by atoms with Gasteiger partial charge in [0.25, 0.3) is 0 Å². The van der Waals surface area contributed by atoms with Gasteiger partial charge in [-0.05, 0) is 17.5 Å². The standard InChI is InChI=1S/C13H17NO3/c1-2-9-3-5-10(6-4-9)12-7-14-11(8-17-12)13(15)16/h3-6,11-12,14H,2,7-8H2,1H3,(H,15,16). The van der Waals surface area contributed by atoms with E-state index in [9.17, 15) is 4.79 Å². The van der Waals surface area contributed by atoms with Gasteiger partial charge in [-0.15, -0.1) is 0 Å². The molecule has 0 radical (unpaired) electrons. The Hall–Kier alpha value is -1.39. The molecular weight excluding hydrogens is 218 g/mol. The highest BCUT2D eigenvalue weighted by atomic mass is 16.5. The van der Waals surface area contributed by atoms with Crippen molar-refractivity contribution in [1.29, 1.82) is 0 Å². The molecule has 1 aromatic rings. The number of hydrogen-bond donors (Lipinski definition) is 2. The van der Waals surface area contributed by atoms with Gasteiger partial charge in [-0.1, -0.05) is 31.2 Å². The van der Waals surface area contributed by atoms with E-state index in [1.165, 1.54) is 5.56 Å². The Morgan fingerprint density at radius 3 is 2.65 bits per heavy atom. The molecule has 0 aliphatic carbocycles. The lowest BCUT2D eigenvalue weighted by Gasteiger charge is -2.28. The Balaban J connectivity index is 1.97. The van der Waals surface area contributed by atoms with Gasteiger partial charge in [-0.2, -0.15) is 0 Å². The van der Waals surface area contributed by atoms with Crippen LogP contribution < -0.4 is 5.32 Å². The third-order valence-electron chi connectivity index (χ3n) is 3.07. The molecule has 92 valence electrons. The molecule has 0 bridgehead atoms. The van der Waals surface area contributed by atoms with Crippen molar-refractivity contribution in [3.8, 4) is 0 Å². The van der Waals surface area contributed by atoms with Crippen molar-refractivity contribution in [3.63, 3.8) is 0 Å². The number of carboxylic acids is 1. The van der Waals surface area contributed by atoms with Crippen LogP contribution in [-0.4, -0.2) is 30.3 Å². The zero-order valence-electron chi connectivity index (χ0n) is 9.85. The van der Waals surface area contributed by atoms with Gasteiger partial charge in [0.05, 0.1) is 12.7 Å². The third kappa shape index (κ3) is 2.84. The van der Waals surface area contributed by atoms with Crippen LogP contribution in [0.3, 0.4) is 0 Å². The second-order valence-corrected chi connectivity index (χ2v) is 4.22. The number of nitrogens with one attached hydrogen (secondary N) is 1. The molecule has 2 unspecified atom stereocenters. The van der Waals surface area contributed by atoms with Gasteiger partial charge >= 0.3 is 5.97 Å². The summed E-state index contributed by atoms with van der Waals surface area (Å²) in [6, 6.07) is 7.68. The van der Waals surface area contributed by atoms with E-state index in [1.807, 2.05) is 12.1 Å². The fourth-order valence-corrected chi connectivity index (χ4v) is 1.92. The van der Waals surface area contributed by atoms with Gasteiger partial charge in [0.15, 0.2) is 0 Å². The Kier molecular flexibility index (Phi) is 3.76. The summed E-state index contributed by atoms with van der Waals surface area (Å²) in [4.78, 5) is 10.7. The predicted octanol–water partition coefficient (Wildman–Crippen LogP) is 1.36. The van der Waals surface area contributed by atoms with Crippen molar-refractivity contribution >= 4 is 5.97 Å². The number of aliphatic carboxylic acids is 1. The van der Waals surface area contributed by atoms with E-state index in [4.69, 9.17) is 9.84 Å². The molecule has 2 atom stereocenters. The summed E-state index contributed by atoms with van der Waals surface area (Å²) in [7, 11) is 0. The largest absolute Gasteiger partial charge is 0.480 e. The Morgan fingerprint density at radius 1 is 1.47 bits per heavy atom. The van der Waals surface area contributed by atoms with Gasteiger partial charge < -0.3 is 9.84 Å². The maximum atomic E-state index is 10.7. The normalized spacial score (nSPS) is 24.5.